The number of nitrogens with zero attached hydrogens (tertiary/aromatic N) is 1. The predicted molar refractivity (Wildman–Crippen MR) is 84.5 cm³/mol. The standard InChI is InChI=1S/C16H28N2S/c1-2-3-4-5-6-16(11-17)18(15-7-8-15)12-14-9-10-19-13-14/h9-10,13,15-16H,2-8,11-12,17H2,1H3. The van der Waals surface area contributed by atoms with Gasteiger partial charge >= 0.3 is 0 Å². The van der Waals surface area contributed by atoms with Crippen molar-refractivity contribution in [2.45, 2.75) is 70.5 Å². The van der Waals surface area contributed by atoms with Gasteiger partial charge in [-0.1, -0.05) is 32.6 Å². The fraction of sp³-hybridized carbons (Fsp3) is 0.750. The molecule has 1 unspecified atom stereocenters. The SMILES string of the molecule is CCCCCCC(CN)N(Cc1ccsc1)C1CC1. The average Bonchev–Trinajstić information content (AvgIpc) is 3.14. The van der Waals surface area contributed by atoms with Crippen molar-refractivity contribution >= 4 is 11.3 Å². The van der Waals surface area contributed by atoms with Crippen LogP contribution in [0.25, 0.3) is 0 Å². The first-order valence-corrected chi connectivity index (χ1v) is 8.76. The molecule has 1 saturated carbocycles. The number of hydrogen-bond acceptors (Lipinski definition) is 3. The molecule has 0 radical (unpaired) electrons. The zero-order valence-corrected chi connectivity index (χ0v) is 13.0. The summed E-state index contributed by atoms with van der Waals surface area (Å²) in [6.07, 6.45) is 9.40. The van der Waals surface area contributed by atoms with Crippen LogP contribution in [-0.4, -0.2) is 23.5 Å². The Morgan fingerprint density at radius 3 is 2.79 bits per heavy atom. The molecule has 19 heavy (non-hydrogen) atoms. The van der Waals surface area contributed by atoms with Crippen LogP contribution in [0.5, 0.6) is 0 Å². The lowest BCUT2D eigenvalue weighted by Gasteiger charge is -2.31. The predicted octanol–water partition coefficient (Wildman–Crippen LogP) is 4.01. The van der Waals surface area contributed by atoms with Crippen molar-refractivity contribution in [1.82, 2.24) is 4.90 Å². The van der Waals surface area contributed by atoms with E-state index in [9.17, 15) is 0 Å². The fourth-order valence-electron chi connectivity index (χ4n) is 2.78. The van der Waals surface area contributed by atoms with E-state index in [2.05, 4.69) is 28.7 Å². The summed E-state index contributed by atoms with van der Waals surface area (Å²) in [7, 11) is 0. The minimum absolute atomic E-state index is 0.587. The van der Waals surface area contributed by atoms with E-state index in [0.717, 1.165) is 19.1 Å². The monoisotopic (exact) mass is 280 g/mol. The summed E-state index contributed by atoms with van der Waals surface area (Å²) in [6.45, 7) is 4.18. The van der Waals surface area contributed by atoms with Crippen molar-refractivity contribution in [3.05, 3.63) is 22.4 Å². The fourth-order valence-corrected chi connectivity index (χ4v) is 3.44. The van der Waals surface area contributed by atoms with E-state index < -0.39 is 0 Å². The molecule has 1 heterocycles. The van der Waals surface area contributed by atoms with Gasteiger partial charge in [0.2, 0.25) is 0 Å². The molecule has 2 nitrogen and oxygen atoms in total. The van der Waals surface area contributed by atoms with Crippen LogP contribution < -0.4 is 5.73 Å². The highest BCUT2D eigenvalue weighted by molar-refractivity contribution is 7.07. The molecule has 1 aromatic heterocycles. The summed E-state index contributed by atoms with van der Waals surface area (Å²) >= 11 is 1.80. The Morgan fingerprint density at radius 2 is 2.21 bits per heavy atom. The molecule has 1 aromatic rings. The molecule has 0 aromatic carbocycles. The van der Waals surface area contributed by atoms with Gasteiger partial charge in [-0.25, -0.2) is 0 Å². The minimum Gasteiger partial charge on any atom is -0.329 e. The molecule has 0 amide bonds. The van der Waals surface area contributed by atoms with Gasteiger partial charge in [0.25, 0.3) is 0 Å². The summed E-state index contributed by atoms with van der Waals surface area (Å²) in [5.74, 6) is 0. The molecule has 1 atom stereocenters. The number of unbranched alkanes of at least 4 members (excludes halogenated alkanes) is 3. The maximum atomic E-state index is 6.04. The zero-order chi connectivity index (χ0) is 13.5. The highest BCUT2D eigenvalue weighted by Crippen LogP contribution is 2.31. The zero-order valence-electron chi connectivity index (χ0n) is 12.2. The smallest absolute Gasteiger partial charge is 0.0248 e. The van der Waals surface area contributed by atoms with Gasteiger partial charge in [-0.15, -0.1) is 0 Å². The Labute approximate surface area is 122 Å². The largest absolute Gasteiger partial charge is 0.329 e. The topological polar surface area (TPSA) is 29.3 Å². The van der Waals surface area contributed by atoms with Crippen LogP contribution in [0, 0.1) is 0 Å². The van der Waals surface area contributed by atoms with Crippen LogP contribution in [0.4, 0.5) is 0 Å². The van der Waals surface area contributed by atoms with Crippen LogP contribution in [0.3, 0.4) is 0 Å². The third-order valence-electron chi connectivity index (χ3n) is 4.09. The summed E-state index contributed by atoms with van der Waals surface area (Å²) in [6, 6.07) is 3.65. The lowest BCUT2D eigenvalue weighted by Crippen LogP contribution is -2.41. The molecule has 108 valence electrons. The van der Waals surface area contributed by atoms with Crippen LogP contribution >= 0.6 is 11.3 Å². The summed E-state index contributed by atoms with van der Waals surface area (Å²) < 4.78 is 0. The molecule has 0 bridgehead atoms. The lowest BCUT2D eigenvalue weighted by molar-refractivity contribution is 0.169. The summed E-state index contributed by atoms with van der Waals surface area (Å²) in [5, 5.41) is 4.46. The lowest BCUT2D eigenvalue weighted by atomic mass is 10.1. The van der Waals surface area contributed by atoms with Gasteiger partial charge in [0.05, 0.1) is 0 Å². The molecule has 3 heteroatoms. The number of hydrogen-bond donors (Lipinski definition) is 1. The molecular weight excluding hydrogens is 252 g/mol. The van der Waals surface area contributed by atoms with Crippen molar-refractivity contribution < 1.29 is 0 Å². The second-order valence-electron chi connectivity index (χ2n) is 5.77. The Morgan fingerprint density at radius 1 is 1.37 bits per heavy atom. The van der Waals surface area contributed by atoms with Gasteiger partial charge in [-0.3, -0.25) is 4.90 Å². The van der Waals surface area contributed by atoms with Crippen LogP contribution in [0.1, 0.15) is 57.4 Å². The van der Waals surface area contributed by atoms with Gasteiger partial charge in [-0.2, -0.15) is 11.3 Å². The van der Waals surface area contributed by atoms with Gasteiger partial charge in [0.15, 0.2) is 0 Å². The number of nitrogens with two attached hydrogens (primary N) is 1. The first-order chi connectivity index (χ1) is 9.35. The van der Waals surface area contributed by atoms with Crippen molar-refractivity contribution in [2.75, 3.05) is 6.54 Å². The van der Waals surface area contributed by atoms with Crippen LogP contribution in [0.2, 0.25) is 0 Å². The van der Waals surface area contributed by atoms with Gasteiger partial charge in [0, 0.05) is 25.2 Å². The quantitative estimate of drug-likeness (QED) is 0.656. The van der Waals surface area contributed by atoms with E-state index in [1.165, 1.54) is 50.5 Å². The maximum absolute atomic E-state index is 6.04. The third kappa shape index (κ3) is 4.90. The van der Waals surface area contributed by atoms with Gasteiger partial charge in [-0.05, 0) is 41.7 Å². The second-order valence-corrected chi connectivity index (χ2v) is 6.55. The van der Waals surface area contributed by atoms with E-state index in [0.29, 0.717) is 6.04 Å². The Kier molecular flexibility index (Phi) is 6.35. The highest BCUT2D eigenvalue weighted by atomic mass is 32.1. The Bertz CT molecular complexity index is 333. The maximum Gasteiger partial charge on any atom is 0.0248 e. The molecule has 0 aliphatic heterocycles. The number of thiophene rings is 1. The van der Waals surface area contributed by atoms with E-state index in [-0.39, 0.29) is 0 Å². The first-order valence-electron chi connectivity index (χ1n) is 7.82. The summed E-state index contributed by atoms with van der Waals surface area (Å²) in [4.78, 5) is 2.67. The molecule has 0 saturated heterocycles. The Balaban J connectivity index is 1.84. The molecule has 0 spiro atoms. The average molecular weight is 280 g/mol. The molecule has 1 aliphatic rings. The second kappa shape index (κ2) is 8.03. The van der Waals surface area contributed by atoms with Crippen molar-refractivity contribution in [3.8, 4) is 0 Å². The van der Waals surface area contributed by atoms with Crippen molar-refractivity contribution in [2.24, 2.45) is 5.73 Å². The van der Waals surface area contributed by atoms with Crippen molar-refractivity contribution in [1.29, 1.82) is 0 Å². The number of rotatable bonds is 10. The molecular formula is C16H28N2S. The van der Waals surface area contributed by atoms with Crippen LogP contribution in [-0.2, 0) is 6.54 Å². The van der Waals surface area contributed by atoms with Crippen LogP contribution in [0.15, 0.2) is 16.8 Å². The normalized spacial score (nSPS) is 17.0. The van der Waals surface area contributed by atoms with E-state index in [4.69, 9.17) is 5.73 Å². The van der Waals surface area contributed by atoms with E-state index >= 15 is 0 Å². The molecule has 2 N–H and O–H groups in total. The molecule has 1 fully saturated rings. The minimum atomic E-state index is 0.587. The summed E-state index contributed by atoms with van der Waals surface area (Å²) in [5.41, 5.74) is 7.51. The molecule has 2 rings (SSSR count). The molecule has 1 aliphatic carbocycles. The first kappa shape index (κ1) is 15.0. The van der Waals surface area contributed by atoms with Gasteiger partial charge in [0.1, 0.15) is 0 Å². The van der Waals surface area contributed by atoms with E-state index in [1.807, 2.05) is 0 Å². The Hall–Kier alpha value is -0.380. The third-order valence-corrected chi connectivity index (χ3v) is 4.83. The highest BCUT2D eigenvalue weighted by Gasteiger charge is 2.33. The van der Waals surface area contributed by atoms with Crippen molar-refractivity contribution in [3.63, 3.8) is 0 Å². The van der Waals surface area contributed by atoms with E-state index in [1.54, 1.807) is 11.3 Å². The van der Waals surface area contributed by atoms with Gasteiger partial charge < -0.3 is 5.73 Å².